The van der Waals surface area contributed by atoms with E-state index in [0.717, 1.165) is 6.35 Å². The van der Waals surface area contributed by atoms with Crippen LogP contribution >= 0.6 is 8.81 Å². The van der Waals surface area contributed by atoms with Gasteiger partial charge < -0.3 is 0 Å². The summed E-state index contributed by atoms with van der Waals surface area (Å²) in [6.07, 6.45) is 0.806. The highest BCUT2D eigenvalue weighted by Crippen LogP contribution is 2.22. The van der Waals surface area contributed by atoms with E-state index in [1.165, 1.54) is 0 Å². The van der Waals surface area contributed by atoms with E-state index in [4.69, 9.17) is 0 Å². The van der Waals surface area contributed by atoms with Crippen LogP contribution in [0.4, 0.5) is 0 Å². The van der Waals surface area contributed by atoms with Crippen molar-refractivity contribution in [3.05, 3.63) is 0 Å². The molecule has 1 aliphatic rings. The Morgan fingerprint density at radius 3 is 2.00 bits per heavy atom. The Morgan fingerprint density at radius 2 is 2.00 bits per heavy atom. The third-order valence-electron chi connectivity index (χ3n) is 0.236. The minimum atomic E-state index is 0.599. The first-order valence-electron chi connectivity index (χ1n) is 1.01. The van der Waals surface area contributed by atoms with E-state index in [1.54, 1.807) is 0 Å². The van der Waals surface area contributed by atoms with Gasteiger partial charge in [0.05, 0.1) is 8.81 Å². The zero-order chi connectivity index (χ0) is 2.83. The van der Waals surface area contributed by atoms with Gasteiger partial charge in [-0.15, -0.1) is 0 Å². The third-order valence-corrected chi connectivity index (χ3v) is 0.707. The SMILES string of the molecule is C1OOP1. The van der Waals surface area contributed by atoms with Crippen molar-refractivity contribution < 1.29 is 9.56 Å². The molecule has 1 saturated heterocycles. The monoisotopic (exact) mass is 78.0 g/mol. The van der Waals surface area contributed by atoms with Gasteiger partial charge >= 0.3 is 0 Å². The maximum atomic E-state index is 4.25. The second kappa shape index (κ2) is 0.978. The molecule has 2 nitrogen and oxygen atoms in total. The van der Waals surface area contributed by atoms with Gasteiger partial charge in [-0.05, 0) is 0 Å². The fourth-order valence-electron chi connectivity index (χ4n) is 0.0589. The Bertz CT molecular complexity index is 14.0. The van der Waals surface area contributed by atoms with Crippen LogP contribution in [-0.2, 0) is 9.56 Å². The van der Waals surface area contributed by atoms with E-state index >= 15 is 0 Å². The molecule has 0 radical (unpaired) electrons. The lowest BCUT2D eigenvalue weighted by Crippen LogP contribution is -1.93. The summed E-state index contributed by atoms with van der Waals surface area (Å²) in [6.45, 7) is 0. The van der Waals surface area contributed by atoms with E-state index in [2.05, 4.69) is 9.56 Å². The van der Waals surface area contributed by atoms with E-state index < -0.39 is 0 Å². The van der Waals surface area contributed by atoms with Gasteiger partial charge in [0.15, 0.2) is 0 Å². The van der Waals surface area contributed by atoms with Crippen LogP contribution in [0, 0.1) is 0 Å². The van der Waals surface area contributed by atoms with Crippen molar-refractivity contribution in [3.63, 3.8) is 0 Å². The molecule has 0 aromatic heterocycles. The van der Waals surface area contributed by atoms with Crippen LogP contribution in [0.2, 0.25) is 0 Å². The Labute approximate surface area is 25.9 Å². The predicted octanol–water partition coefficient (Wildman–Crippen LogP) is 0.499. The van der Waals surface area contributed by atoms with Crippen molar-refractivity contribution >= 4 is 8.81 Å². The van der Waals surface area contributed by atoms with Crippen molar-refractivity contribution in [1.82, 2.24) is 0 Å². The molecule has 0 bridgehead atoms. The molecular weight excluding hydrogens is 75.0 g/mol. The molecule has 1 aliphatic heterocycles. The van der Waals surface area contributed by atoms with Crippen molar-refractivity contribution in [3.8, 4) is 0 Å². The number of rotatable bonds is 0. The largest absolute Gasteiger partial charge is 0.227 e. The van der Waals surface area contributed by atoms with Crippen molar-refractivity contribution in [2.45, 2.75) is 0 Å². The van der Waals surface area contributed by atoms with Crippen LogP contribution in [0.3, 0.4) is 0 Å². The molecule has 0 aromatic rings. The summed E-state index contributed by atoms with van der Waals surface area (Å²) in [4.78, 5) is 4.23. The average molecular weight is 78.0 g/mol. The molecule has 3 heteroatoms. The first kappa shape index (κ1) is 2.58. The van der Waals surface area contributed by atoms with Crippen LogP contribution in [0.25, 0.3) is 0 Å². The van der Waals surface area contributed by atoms with Crippen molar-refractivity contribution in [2.75, 3.05) is 6.35 Å². The van der Waals surface area contributed by atoms with Gasteiger partial charge in [0, 0.05) is 0 Å². The lowest BCUT2D eigenvalue weighted by atomic mass is 11.7. The minimum absolute atomic E-state index is 0.599. The molecule has 1 fully saturated rings. The number of hydrogen-bond acceptors (Lipinski definition) is 2. The highest BCUT2D eigenvalue weighted by atomic mass is 31.1. The highest BCUT2D eigenvalue weighted by Gasteiger charge is 1.96. The maximum Gasteiger partial charge on any atom is 0.127 e. The van der Waals surface area contributed by atoms with Crippen molar-refractivity contribution in [2.24, 2.45) is 0 Å². The lowest BCUT2D eigenvalue weighted by Gasteiger charge is -2.07. The molecule has 0 spiro atoms. The summed E-state index contributed by atoms with van der Waals surface area (Å²) in [5, 5.41) is 0. The molecule has 0 amide bonds. The lowest BCUT2D eigenvalue weighted by molar-refractivity contribution is -0.219. The molecule has 1 heterocycles. The standard InChI is InChI=1S/CH3O2P/c1-2-3-4-1/h4H,1H2. The summed E-state index contributed by atoms with van der Waals surface area (Å²) in [5.41, 5.74) is 0. The molecule has 0 aliphatic carbocycles. The van der Waals surface area contributed by atoms with Crippen LogP contribution in [-0.4, -0.2) is 6.35 Å². The summed E-state index contributed by atoms with van der Waals surface area (Å²) < 4.78 is 4.25. The summed E-state index contributed by atoms with van der Waals surface area (Å²) in [6, 6.07) is 0. The fraction of sp³-hybridized carbons (Fsp3) is 1.00. The van der Waals surface area contributed by atoms with Gasteiger partial charge in [-0.25, -0.2) is 9.56 Å². The summed E-state index contributed by atoms with van der Waals surface area (Å²) in [5.74, 6) is 0. The molecule has 0 aromatic carbocycles. The van der Waals surface area contributed by atoms with Crippen LogP contribution in [0.5, 0.6) is 0 Å². The Balaban J connectivity index is 2.00. The van der Waals surface area contributed by atoms with Gasteiger partial charge in [0.2, 0.25) is 0 Å². The number of hydrogen-bond donors (Lipinski definition) is 0. The second-order valence-electron chi connectivity index (χ2n) is 0.490. The molecular formula is CH3O2P. The van der Waals surface area contributed by atoms with Crippen LogP contribution < -0.4 is 0 Å². The molecule has 1 atom stereocenters. The molecule has 0 N–H and O–H groups in total. The van der Waals surface area contributed by atoms with E-state index in [9.17, 15) is 0 Å². The normalized spacial score (nSPS) is 30.0. The molecule has 24 valence electrons. The van der Waals surface area contributed by atoms with Crippen molar-refractivity contribution in [1.29, 1.82) is 0 Å². The smallest absolute Gasteiger partial charge is 0.127 e. The molecule has 1 unspecified atom stereocenters. The molecule has 0 saturated carbocycles. The molecule has 4 heavy (non-hydrogen) atoms. The predicted molar refractivity (Wildman–Crippen MR) is 15.4 cm³/mol. The van der Waals surface area contributed by atoms with Gasteiger partial charge in [-0.1, -0.05) is 0 Å². The molecule has 1 rings (SSSR count). The zero-order valence-corrected chi connectivity index (χ0v) is 3.02. The quantitative estimate of drug-likeness (QED) is 0.310. The average Bonchev–Trinajstić information content (AvgIpc) is 0.722. The first-order valence-corrected chi connectivity index (χ1v) is 2.13. The highest BCUT2D eigenvalue weighted by molar-refractivity contribution is 7.32. The van der Waals surface area contributed by atoms with Gasteiger partial charge in [0.1, 0.15) is 6.35 Å². The Hall–Kier alpha value is 0.350. The maximum absolute atomic E-state index is 4.25. The van der Waals surface area contributed by atoms with E-state index in [-0.39, 0.29) is 0 Å². The fourth-order valence-corrected chi connectivity index (χ4v) is 0.177. The van der Waals surface area contributed by atoms with E-state index in [1.807, 2.05) is 0 Å². The Kier molecular flexibility index (Phi) is 0.631. The summed E-state index contributed by atoms with van der Waals surface area (Å²) in [7, 11) is 0.599. The van der Waals surface area contributed by atoms with Gasteiger partial charge in [0.25, 0.3) is 0 Å². The van der Waals surface area contributed by atoms with Gasteiger partial charge in [-0.2, -0.15) is 0 Å². The third kappa shape index (κ3) is 0.226. The zero-order valence-electron chi connectivity index (χ0n) is 2.02. The first-order chi connectivity index (χ1) is 2.00. The van der Waals surface area contributed by atoms with Gasteiger partial charge in [-0.3, -0.25) is 0 Å². The van der Waals surface area contributed by atoms with E-state index in [0.29, 0.717) is 8.81 Å². The summed E-state index contributed by atoms with van der Waals surface area (Å²) >= 11 is 0. The van der Waals surface area contributed by atoms with Crippen LogP contribution in [0.1, 0.15) is 0 Å². The Morgan fingerprint density at radius 1 is 1.75 bits per heavy atom. The second-order valence-corrected chi connectivity index (χ2v) is 1.23. The topological polar surface area (TPSA) is 18.5 Å². The van der Waals surface area contributed by atoms with Crippen LogP contribution in [0.15, 0.2) is 0 Å². The minimum Gasteiger partial charge on any atom is -0.227 e.